The van der Waals surface area contributed by atoms with Crippen LogP contribution in [0.25, 0.3) is 6.08 Å². The summed E-state index contributed by atoms with van der Waals surface area (Å²) in [5.74, 6) is 0. The van der Waals surface area contributed by atoms with Gasteiger partial charge >= 0.3 is 0 Å². The third kappa shape index (κ3) is 3.51. The van der Waals surface area contributed by atoms with Crippen molar-refractivity contribution in [1.82, 2.24) is 4.90 Å². The van der Waals surface area contributed by atoms with E-state index < -0.39 is 0 Å². The minimum Gasteiger partial charge on any atom is -0.378 e. The summed E-state index contributed by atoms with van der Waals surface area (Å²) in [7, 11) is 0. The molecule has 2 nitrogen and oxygen atoms in total. The minimum absolute atomic E-state index is 0.844. The smallest absolute Gasteiger partial charge is 0.0642 e. The van der Waals surface area contributed by atoms with Crippen LogP contribution in [0.4, 0.5) is 0 Å². The van der Waals surface area contributed by atoms with Gasteiger partial charge in [-0.2, -0.15) is 0 Å². The Balaban J connectivity index is 2.05. The Hall–Kier alpha value is -0.930. The maximum atomic E-state index is 5.36. The molecule has 17 heavy (non-hydrogen) atoms. The Morgan fingerprint density at radius 2 is 1.88 bits per heavy atom. The fraction of sp³-hybridized carbons (Fsp3) is 0.429. The average molecular weight is 249 g/mol. The van der Waals surface area contributed by atoms with E-state index in [2.05, 4.69) is 48.4 Å². The third-order valence-corrected chi connectivity index (χ3v) is 3.74. The first-order chi connectivity index (χ1) is 8.29. The molecule has 2 rings (SSSR count). The first-order valence-corrected chi connectivity index (χ1v) is 7.17. The van der Waals surface area contributed by atoms with Crippen molar-refractivity contribution < 1.29 is 4.74 Å². The summed E-state index contributed by atoms with van der Waals surface area (Å²) in [6.07, 6.45) is 4.35. The van der Waals surface area contributed by atoms with Crippen molar-refractivity contribution >= 4 is 17.8 Å². The summed E-state index contributed by atoms with van der Waals surface area (Å²) in [5, 5.41) is 0. The van der Waals surface area contributed by atoms with E-state index in [1.165, 1.54) is 16.2 Å². The molecule has 0 bridgehead atoms. The lowest BCUT2D eigenvalue weighted by Gasteiger charge is -2.29. The molecule has 0 amide bonds. The highest BCUT2D eigenvalue weighted by atomic mass is 32.2. The summed E-state index contributed by atoms with van der Waals surface area (Å²) >= 11 is 1.78. The number of hydrogen-bond acceptors (Lipinski definition) is 3. The Bertz CT molecular complexity index is 380. The first kappa shape index (κ1) is 12.5. The number of rotatable bonds is 3. The molecule has 0 aliphatic carbocycles. The predicted octanol–water partition coefficient (Wildman–Crippen LogP) is 3.10. The second-order valence-electron chi connectivity index (χ2n) is 4.16. The van der Waals surface area contributed by atoms with E-state index in [0.29, 0.717) is 0 Å². The van der Waals surface area contributed by atoms with Crippen LogP contribution in [-0.2, 0) is 4.74 Å². The minimum atomic E-state index is 0.844. The zero-order valence-electron chi connectivity index (χ0n) is 10.5. The maximum Gasteiger partial charge on any atom is 0.0642 e. The van der Waals surface area contributed by atoms with Gasteiger partial charge in [0.05, 0.1) is 13.2 Å². The van der Waals surface area contributed by atoms with Gasteiger partial charge < -0.3 is 9.64 Å². The van der Waals surface area contributed by atoms with Crippen LogP contribution >= 0.6 is 11.8 Å². The van der Waals surface area contributed by atoms with Crippen molar-refractivity contribution in [2.45, 2.75) is 11.8 Å². The second-order valence-corrected chi connectivity index (χ2v) is 5.04. The lowest BCUT2D eigenvalue weighted by atomic mass is 10.2. The summed E-state index contributed by atoms with van der Waals surface area (Å²) in [4.78, 5) is 3.69. The molecule has 0 atom stereocenters. The monoisotopic (exact) mass is 249 g/mol. The molecule has 1 saturated heterocycles. The number of benzene rings is 1. The van der Waals surface area contributed by atoms with Crippen LogP contribution in [0, 0.1) is 0 Å². The van der Waals surface area contributed by atoms with Crippen LogP contribution in [0.5, 0.6) is 0 Å². The van der Waals surface area contributed by atoms with Crippen LogP contribution < -0.4 is 0 Å². The molecule has 92 valence electrons. The summed E-state index contributed by atoms with van der Waals surface area (Å²) in [6.45, 7) is 5.87. The van der Waals surface area contributed by atoms with Crippen molar-refractivity contribution in [3.05, 3.63) is 35.5 Å². The summed E-state index contributed by atoms with van der Waals surface area (Å²) in [6, 6.07) is 8.69. The molecule has 1 aromatic carbocycles. The van der Waals surface area contributed by atoms with Crippen LogP contribution in [0.3, 0.4) is 0 Å². The summed E-state index contributed by atoms with van der Waals surface area (Å²) < 4.78 is 5.36. The molecule has 1 aliphatic rings. The van der Waals surface area contributed by atoms with Gasteiger partial charge in [0.25, 0.3) is 0 Å². The molecule has 3 heteroatoms. The molecular formula is C14H19NOS. The van der Waals surface area contributed by atoms with E-state index in [1.807, 2.05) is 0 Å². The lowest BCUT2D eigenvalue weighted by Crippen LogP contribution is -2.34. The number of thioether (sulfide) groups is 1. The summed E-state index contributed by atoms with van der Waals surface area (Å²) in [5.41, 5.74) is 2.59. The van der Waals surface area contributed by atoms with Crippen LogP contribution in [0.2, 0.25) is 0 Å². The van der Waals surface area contributed by atoms with Crippen molar-refractivity contribution in [1.29, 1.82) is 0 Å². The van der Waals surface area contributed by atoms with E-state index >= 15 is 0 Å². The zero-order chi connectivity index (χ0) is 12.1. The first-order valence-electron chi connectivity index (χ1n) is 5.94. The van der Waals surface area contributed by atoms with Gasteiger partial charge in [0.15, 0.2) is 0 Å². The molecule has 0 radical (unpaired) electrons. The molecule has 1 aliphatic heterocycles. The molecule has 0 N–H and O–H groups in total. The molecule has 0 spiro atoms. The molecule has 1 aromatic rings. The average Bonchev–Trinajstić information content (AvgIpc) is 2.40. The second kappa shape index (κ2) is 6.12. The Morgan fingerprint density at radius 3 is 2.47 bits per heavy atom. The van der Waals surface area contributed by atoms with Gasteiger partial charge in [-0.3, -0.25) is 0 Å². The Kier molecular flexibility index (Phi) is 4.51. The normalized spacial score (nSPS) is 17.3. The van der Waals surface area contributed by atoms with Crippen molar-refractivity contribution in [3.63, 3.8) is 0 Å². The molecule has 1 fully saturated rings. The molecule has 1 heterocycles. The van der Waals surface area contributed by atoms with Crippen molar-refractivity contribution in [3.8, 4) is 0 Å². The maximum absolute atomic E-state index is 5.36. The third-order valence-electron chi connectivity index (χ3n) is 3.00. The Labute approximate surface area is 108 Å². The predicted molar refractivity (Wildman–Crippen MR) is 74.3 cm³/mol. The highest BCUT2D eigenvalue weighted by molar-refractivity contribution is 7.98. The SMILES string of the molecule is CSc1ccc(C=C(C)N2CCOCC2)cc1. The van der Waals surface area contributed by atoms with E-state index in [4.69, 9.17) is 4.74 Å². The number of morpholine rings is 1. The van der Waals surface area contributed by atoms with E-state index in [9.17, 15) is 0 Å². The molecule has 0 aromatic heterocycles. The van der Waals surface area contributed by atoms with Gasteiger partial charge in [-0.15, -0.1) is 11.8 Å². The van der Waals surface area contributed by atoms with E-state index in [0.717, 1.165) is 26.3 Å². The van der Waals surface area contributed by atoms with Gasteiger partial charge in [-0.25, -0.2) is 0 Å². The fourth-order valence-corrected chi connectivity index (χ4v) is 2.36. The fourth-order valence-electron chi connectivity index (χ4n) is 1.95. The van der Waals surface area contributed by atoms with Crippen molar-refractivity contribution in [2.75, 3.05) is 32.6 Å². The highest BCUT2D eigenvalue weighted by Gasteiger charge is 2.09. The Morgan fingerprint density at radius 1 is 1.24 bits per heavy atom. The van der Waals surface area contributed by atoms with Gasteiger partial charge in [-0.05, 0) is 37.0 Å². The van der Waals surface area contributed by atoms with Gasteiger partial charge in [-0.1, -0.05) is 12.1 Å². The number of hydrogen-bond donors (Lipinski definition) is 0. The molecular weight excluding hydrogens is 230 g/mol. The van der Waals surface area contributed by atoms with Crippen LogP contribution in [-0.4, -0.2) is 37.5 Å². The van der Waals surface area contributed by atoms with Gasteiger partial charge in [0.2, 0.25) is 0 Å². The lowest BCUT2D eigenvalue weighted by molar-refractivity contribution is 0.0542. The van der Waals surface area contributed by atoms with Gasteiger partial charge in [0, 0.05) is 23.7 Å². The largest absolute Gasteiger partial charge is 0.378 e. The topological polar surface area (TPSA) is 12.5 Å². The van der Waals surface area contributed by atoms with Crippen LogP contribution in [0.15, 0.2) is 34.9 Å². The van der Waals surface area contributed by atoms with E-state index in [-0.39, 0.29) is 0 Å². The van der Waals surface area contributed by atoms with Crippen LogP contribution in [0.1, 0.15) is 12.5 Å². The number of allylic oxidation sites excluding steroid dienone is 1. The molecule has 0 unspecified atom stereocenters. The number of nitrogens with zero attached hydrogens (tertiary/aromatic N) is 1. The highest BCUT2D eigenvalue weighted by Crippen LogP contribution is 2.17. The molecule has 0 saturated carbocycles. The van der Waals surface area contributed by atoms with Crippen molar-refractivity contribution in [2.24, 2.45) is 0 Å². The zero-order valence-corrected chi connectivity index (χ0v) is 11.3. The quantitative estimate of drug-likeness (QED) is 0.764. The number of ether oxygens (including phenoxy) is 1. The standard InChI is InChI=1S/C14H19NOS/c1-12(15-7-9-16-10-8-15)11-13-3-5-14(17-2)6-4-13/h3-6,11H,7-10H2,1-2H3. The van der Waals surface area contributed by atoms with E-state index in [1.54, 1.807) is 11.8 Å². The van der Waals surface area contributed by atoms with Gasteiger partial charge in [0.1, 0.15) is 0 Å².